The minimum Gasteiger partial charge on any atom is -0.477 e. The smallest absolute Gasteiger partial charge is 0.348 e. The van der Waals surface area contributed by atoms with E-state index in [9.17, 15) is 20.0 Å². The zero-order valence-electron chi connectivity index (χ0n) is 11.5. The first-order chi connectivity index (χ1) is 9.82. The van der Waals surface area contributed by atoms with Crippen LogP contribution in [0.15, 0.2) is 24.3 Å². The number of nitrogens with two attached hydrogens (primary N) is 1. The minimum atomic E-state index is -1.09. The Morgan fingerprint density at radius 1 is 1.43 bits per heavy atom. The molecule has 21 heavy (non-hydrogen) atoms. The van der Waals surface area contributed by atoms with Crippen LogP contribution in [0.1, 0.15) is 35.0 Å². The highest BCUT2D eigenvalue weighted by molar-refractivity contribution is 7.18. The van der Waals surface area contributed by atoms with Gasteiger partial charge in [-0.25, -0.2) is 4.79 Å². The zero-order chi connectivity index (χ0) is 15.7. The highest BCUT2D eigenvalue weighted by Gasteiger charge is 2.23. The summed E-state index contributed by atoms with van der Waals surface area (Å²) in [7, 11) is 0. The van der Waals surface area contributed by atoms with E-state index >= 15 is 0 Å². The van der Waals surface area contributed by atoms with E-state index in [4.69, 9.17) is 5.73 Å². The predicted octanol–water partition coefficient (Wildman–Crippen LogP) is 3.73. The molecule has 2 rings (SSSR count). The number of thiophene rings is 1. The molecule has 1 heterocycles. The maximum Gasteiger partial charge on any atom is 0.348 e. The average Bonchev–Trinajstić information content (AvgIpc) is 2.76. The zero-order valence-corrected chi connectivity index (χ0v) is 12.3. The second-order valence-electron chi connectivity index (χ2n) is 4.85. The Labute approximate surface area is 125 Å². The molecule has 3 N–H and O–H groups in total. The van der Waals surface area contributed by atoms with E-state index in [1.807, 2.05) is 13.8 Å². The molecule has 0 aliphatic heterocycles. The van der Waals surface area contributed by atoms with E-state index < -0.39 is 10.9 Å². The van der Waals surface area contributed by atoms with Gasteiger partial charge in [-0.05, 0) is 17.0 Å². The van der Waals surface area contributed by atoms with Crippen LogP contribution in [-0.2, 0) is 0 Å². The molecule has 1 aromatic heterocycles. The molecule has 2 aromatic rings. The average molecular weight is 306 g/mol. The van der Waals surface area contributed by atoms with E-state index in [0.717, 1.165) is 16.9 Å². The molecule has 0 aliphatic carbocycles. The van der Waals surface area contributed by atoms with E-state index in [1.54, 1.807) is 12.1 Å². The van der Waals surface area contributed by atoms with Crippen molar-refractivity contribution in [3.8, 4) is 10.4 Å². The summed E-state index contributed by atoms with van der Waals surface area (Å²) < 4.78 is 0. The molecule has 0 spiro atoms. The molecule has 0 saturated heterocycles. The standard InChI is InChI=1S/C14H14N2O4S/c1-7(2)10-11(15)13(14(17)18)21-12(10)8-4-3-5-9(6-8)16(19)20/h3-7H,15H2,1-2H3,(H,17,18). The molecule has 110 valence electrons. The van der Waals surface area contributed by atoms with Crippen LogP contribution in [0.2, 0.25) is 0 Å². The summed E-state index contributed by atoms with van der Waals surface area (Å²) in [4.78, 5) is 22.4. The van der Waals surface area contributed by atoms with E-state index in [-0.39, 0.29) is 22.2 Å². The Morgan fingerprint density at radius 2 is 2.10 bits per heavy atom. The van der Waals surface area contributed by atoms with Crippen molar-refractivity contribution in [2.45, 2.75) is 19.8 Å². The van der Waals surface area contributed by atoms with E-state index in [0.29, 0.717) is 10.4 Å². The number of rotatable bonds is 4. The third-order valence-corrected chi connectivity index (χ3v) is 4.33. The molecule has 0 unspecified atom stereocenters. The normalized spacial score (nSPS) is 10.8. The molecule has 0 atom stereocenters. The quantitative estimate of drug-likeness (QED) is 0.661. The SMILES string of the molecule is CC(C)c1c(-c2cccc([N+](=O)[O-])c2)sc(C(=O)O)c1N. The van der Waals surface area contributed by atoms with Crippen LogP contribution in [0, 0.1) is 10.1 Å². The maximum absolute atomic E-state index is 11.2. The summed E-state index contributed by atoms with van der Waals surface area (Å²) in [5.74, 6) is -1.07. The lowest BCUT2D eigenvalue weighted by atomic mass is 9.98. The van der Waals surface area contributed by atoms with Crippen molar-refractivity contribution in [2.24, 2.45) is 0 Å². The number of benzene rings is 1. The van der Waals surface area contributed by atoms with E-state index in [2.05, 4.69) is 0 Å². The van der Waals surface area contributed by atoms with Gasteiger partial charge in [-0.15, -0.1) is 11.3 Å². The Morgan fingerprint density at radius 3 is 2.62 bits per heavy atom. The number of aromatic carboxylic acids is 1. The Kier molecular flexibility index (Phi) is 3.95. The molecule has 0 saturated carbocycles. The molecule has 7 heteroatoms. The molecule has 0 fully saturated rings. The number of nitro benzene ring substituents is 1. The molecular weight excluding hydrogens is 292 g/mol. The van der Waals surface area contributed by atoms with Gasteiger partial charge in [0.2, 0.25) is 0 Å². The van der Waals surface area contributed by atoms with Crippen molar-refractivity contribution in [3.63, 3.8) is 0 Å². The second-order valence-corrected chi connectivity index (χ2v) is 5.88. The van der Waals surface area contributed by atoms with Crippen molar-refractivity contribution < 1.29 is 14.8 Å². The number of nitrogens with zero attached hydrogens (tertiary/aromatic N) is 1. The van der Waals surface area contributed by atoms with Crippen molar-refractivity contribution >= 4 is 28.7 Å². The highest BCUT2D eigenvalue weighted by atomic mass is 32.1. The van der Waals surface area contributed by atoms with Crippen LogP contribution >= 0.6 is 11.3 Å². The largest absolute Gasteiger partial charge is 0.477 e. The van der Waals surface area contributed by atoms with Crippen molar-refractivity contribution in [3.05, 3.63) is 44.8 Å². The number of hydrogen-bond donors (Lipinski definition) is 2. The molecule has 1 aromatic carbocycles. The van der Waals surface area contributed by atoms with Crippen LogP contribution in [0.5, 0.6) is 0 Å². The molecule has 0 radical (unpaired) electrons. The fraction of sp³-hybridized carbons (Fsp3) is 0.214. The summed E-state index contributed by atoms with van der Waals surface area (Å²) in [6, 6.07) is 6.13. The summed E-state index contributed by atoms with van der Waals surface area (Å²) in [5.41, 5.74) is 7.47. The first-order valence-electron chi connectivity index (χ1n) is 6.23. The van der Waals surface area contributed by atoms with Crippen LogP contribution in [0.4, 0.5) is 11.4 Å². The number of anilines is 1. The van der Waals surface area contributed by atoms with Crippen molar-refractivity contribution in [1.29, 1.82) is 0 Å². The Hall–Kier alpha value is -2.41. The van der Waals surface area contributed by atoms with Crippen LogP contribution in [0.3, 0.4) is 0 Å². The van der Waals surface area contributed by atoms with Crippen molar-refractivity contribution in [1.82, 2.24) is 0 Å². The summed E-state index contributed by atoms with van der Waals surface area (Å²) >= 11 is 1.05. The van der Waals surface area contributed by atoms with Gasteiger partial charge in [0, 0.05) is 17.0 Å². The fourth-order valence-corrected chi connectivity index (χ4v) is 3.38. The van der Waals surface area contributed by atoms with Crippen LogP contribution < -0.4 is 5.73 Å². The van der Waals surface area contributed by atoms with Crippen LogP contribution in [0.25, 0.3) is 10.4 Å². The van der Waals surface area contributed by atoms with Gasteiger partial charge < -0.3 is 10.8 Å². The maximum atomic E-state index is 11.2. The third kappa shape index (κ3) is 2.73. The van der Waals surface area contributed by atoms with Gasteiger partial charge in [-0.3, -0.25) is 10.1 Å². The summed E-state index contributed by atoms with van der Waals surface area (Å²) in [5, 5.41) is 20.1. The van der Waals surface area contributed by atoms with Gasteiger partial charge in [0.05, 0.1) is 10.6 Å². The monoisotopic (exact) mass is 306 g/mol. The summed E-state index contributed by atoms with van der Waals surface area (Å²) in [6.07, 6.45) is 0. The van der Waals surface area contributed by atoms with Gasteiger partial charge in [0.15, 0.2) is 0 Å². The lowest BCUT2D eigenvalue weighted by molar-refractivity contribution is -0.384. The number of hydrogen-bond acceptors (Lipinski definition) is 5. The number of carboxylic acids is 1. The first kappa shape index (κ1) is 15.0. The fourth-order valence-electron chi connectivity index (χ4n) is 2.16. The molecule has 0 bridgehead atoms. The molecular formula is C14H14N2O4S. The third-order valence-electron chi connectivity index (χ3n) is 3.07. The van der Waals surface area contributed by atoms with Gasteiger partial charge in [-0.2, -0.15) is 0 Å². The predicted molar refractivity (Wildman–Crippen MR) is 81.9 cm³/mol. The lowest BCUT2D eigenvalue weighted by Gasteiger charge is -2.08. The Balaban J connectivity index is 2.68. The minimum absolute atomic E-state index is 0.0172. The van der Waals surface area contributed by atoms with Gasteiger partial charge >= 0.3 is 5.97 Å². The number of nitrogen functional groups attached to an aromatic ring is 1. The lowest BCUT2D eigenvalue weighted by Crippen LogP contribution is -2.00. The number of carboxylic acid groups (broad SMARTS) is 1. The van der Waals surface area contributed by atoms with E-state index in [1.165, 1.54) is 12.1 Å². The highest BCUT2D eigenvalue weighted by Crippen LogP contribution is 2.43. The first-order valence-corrected chi connectivity index (χ1v) is 7.04. The molecule has 6 nitrogen and oxygen atoms in total. The number of nitro groups is 1. The summed E-state index contributed by atoms with van der Waals surface area (Å²) in [6.45, 7) is 3.82. The Bertz CT molecular complexity index is 722. The number of non-ortho nitro benzene ring substituents is 1. The topological polar surface area (TPSA) is 106 Å². The second kappa shape index (κ2) is 5.53. The molecule has 0 aliphatic rings. The van der Waals surface area contributed by atoms with Gasteiger partial charge in [-0.1, -0.05) is 26.0 Å². The van der Waals surface area contributed by atoms with Crippen molar-refractivity contribution in [2.75, 3.05) is 5.73 Å². The number of carbonyl (C=O) groups is 1. The van der Waals surface area contributed by atoms with Gasteiger partial charge in [0.25, 0.3) is 5.69 Å². The molecule has 0 amide bonds. The van der Waals surface area contributed by atoms with Crippen LogP contribution in [-0.4, -0.2) is 16.0 Å². The van der Waals surface area contributed by atoms with Gasteiger partial charge in [0.1, 0.15) is 4.88 Å².